The molecule has 2 aromatic heterocycles. The Labute approximate surface area is 134 Å². The maximum atomic E-state index is 12.4. The molecule has 1 aliphatic carbocycles. The van der Waals surface area contributed by atoms with Gasteiger partial charge in [-0.05, 0) is 37.3 Å². The van der Waals surface area contributed by atoms with Crippen molar-refractivity contribution in [2.24, 2.45) is 0 Å². The lowest BCUT2D eigenvalue weighted by Gasteiger charge is -2.27. The summed E-state index contributed by atoms with van der Waals surface area (Å²) in [6.07, 6.45) is 5.69. The molecule has 2 amide bonds. The number of fused-ring (bicyclic) bond motifs is 1. The number of nitrogens with zero attached hydrogens (tertiary/aromatic N) is 5. The molecule has 0 unspecified atom stereocenters. The van der Waals surface area contributed by atoms with Gasteiger partial charge in [0.1, 0.15) is 17.5 Å². The Kier molecular flexibility index (Phi) is 3.48. The molecule has 7 heteroatoms. The number of nitrogens with one attached hydrogen (secondary N) is 1. The molecule has 0 aromatic carbocycles. The molecule has 0 spiro atoms. The van der Waals surface area contributed by atoms with Crippen molar-refractivity contribution in [3.63, 3.8) is 0 Å². The molecule has 0 bridgehead atoms. The van der Waals surface area contributed by atoms with Gasteiger partial charge >= 0.3 is 6.03 Å². The van der Waals surface area contributed by atoms with Crippen LogP contribution in [0.4, 0.5) is 10.6 Å². The van der Waals surface area contributed by atoms with Crippen molar-refractivity contribution in [2.75, 3.05) is 11.9 Å². The van der Waals surface area contributed by atoms with Crippen LogP contribution < -0.4 is 5.32 Å². The molecule has 120 valence electrons. The number of amides is 2. The number of hydrogen-bond donors (Lipinski definition) is 1. The van der Waals surface area contributed by atoms with Gasteiger partial charge in [0.25, 0.3) is 0 Å². The molecule has 4 rings (SSSR count). The average Bonchev–Trinajstić information content (AvgIpc) is 2.86. The molecule has 7 nitrogen and oxygen atoms in total. The van der Waals surface area contributed by atoms with E-state index >= 15 is 0 Å². The first-order chi connectivity index (χ1) is 11.2. The van der Waals surface area contributed by atoms with Crippen LogP contribution >= 0.6 is 0 Å². The van der Waals surface area contributed by atoms with Crippen LogP contribution in [0.5, 0.6) is 0 Å². The fourth-order valence-electron chi connectivity index (χ4n) is 3.08. The summed E-state index contributed by atoms with van der Waals surface area (Å²) >= 11 is 0. The van der Waals surface area contributed by atoms with E-state index in [9.17, 15) is 4.79 Å². The molecule has 3 heterocycles. The summed E-state index contributed by atoms with van der Waals surface area (Å²) < 4.78 is 1.87. The van der Waals surface area contributed by atoms with Gasteiger partial charge in [-0.15, -0.1) is 0 Å². The first kappa shape index (κ1) is 14.2. The van der Waals surface area contributed by atoms with Gasteiger partial charge in [0.05, 0.1) is 13.1 Å². The van der Waals surface area contributed by atoms with Gasteiger partial charge in [-0.1, -0.05) is 12.5 Å². The van der Waals surface area contributed by atoms with Gasteiger partial charge in [0.15, 0.2) is 0 Å². The van der Waals surface area contributed by atoms with Gasteiger partial charge < -0.3 is 4.90 Å². The van der Waals surface area contributed by atoms with Gasteiger partial charge in [0, 0.05) is 12.7 Å². The fourth-order valence-corrected chi connectivity index (χ4v) is 3.08. The minimum Gasteiger partial charge on any atom is -0.315 e. The number of pyridine rings is 1. The number of hydrogen-bond acceptors (Lipinski definition) is 4. The molecule has 1 aliphatic heterocycles. The second kappa shape index (κ2) is 5.64. The van der Waals surface area contributed by atoms with Crippen LogP contribution in [0.1, 0.15) is 42.4 Å². The van der Waals surface area contributed by atoms with E-state index in [4.69, 9.17) is 0 Å². The quantitative estimate of drug-likeness (QED) is 0.923. The Morgan fingerprint density at radius 2 is 2.17 bits per heavy atom. The summed E-state index contributed by atoms with van der Waals surface area (Å²) in [5, 5.41) is 7.17. The molecule has 0 radical (unpaired) electrons. The zero-order chi connectivity index (χ0) is 15.8. The highest BCUT2D eigenvalue weighted by Gasteiger charge is 2.23. The second-order valence-corrected chi connectivity index (χ2v) is 6.25. The van der Waals surface area contributed by atoms with Crippen LogP contribution in [0.15, 0.2) is 18.3 Å². The van der Waals surface area contributed by atoms with Crippen molar-refractivity contribution in [1.82, 2.24) is 24.6 Å². The van der Waals surface area contributed by atoms with Crippen LogP contribution in [0.3, 0.4) is 0 Å². The van der Waals surface area contributed by atoms with E-state index in [0.717, 1.165) is 11.6 Å². The minimum absolute atomic E-state index is 0.138. The third-order valence-electron chi connectivity index (χ3n) is 4.65. The topological polar surface area (TPSA) is 75.9 Å². The predicted molar refractivity (Wildman–Crippen MR) is 85.0 cm³/mol. The Bertz CT molecular complexity index is 719. The van der Waals surface area contributed by atoms with Crippen molar-refractivity contribution in [3.05, 3.63) is 35.5 Å². The highest BCUT2D eigenvalue weighted by Crippen LogP contribution is 2.36. The number of urea groups is 1. The van der Waals surface area contributed by atoms with Crippen molar-refractivity contribution < 1.29 is 4.79 Å². The van der Waals surface area contributed by atoms with Gasteiger partial charge in [-0.3, -0.25) is 5.32 Å². The lowest BCUT2D eigenvalue weighted by molar-refractivity contribution is 0.193. The summed E-state index contributed by atoms with van der Waals surface area (Å²) in [5.74, 6) is 2.83. The smallest absolute Gasteiger partial charge is 0.315 e. The van der Waals surface area contributed by atoms with Crippen LogP contribution in [0.25, 0.3) is 0 Å². The average molecular weight is 312 g/mol. The van der Waals surface area contributed by atoms with Gasteiger partial charge in [0.2, 0.25) is 0 Å². The molecular weight excluding hydrogens is 292 g/mol. The molecule has 2 aliphatic rings. The Morgan fingerprint density at radius 3 is 2.87 bits per heavy atom. The van der Waals surface area contributed by atoms with E-state index in [1.807, 2.05) is 23.9 Å². The first-order valence-corrected chi connectivity index (χ1v) is 8.11. The lowest BCUT2D eigenvalue weighted by Crippen LogP contribution is -2.41. The van der Waals surface area contributed by atoms with Crippen molar-refractivity contribution in [2.45, 2.75) is 45.2 Å². The summed E-state index contributed by atoms with van der Waals surface area (Å²) in [7, 11) is 0. The van der Waals surface area contributed by atoms with E-state index in [1.165, 1.54) is 24.8 Å². The number of anilines is 1. The Morgan fingerprint density at radius 1 is 1.30 bits per heavy atom. The number of carbonyl (C=O) groups excluding carboxylic acids is 1. The third kappa shape index (κ3) is 2.78. The molecule has 1 saturated carbocycles. The van der Waals surface area contributed by atoms with Crippen molar-refractivity contribution in [3.8, 4) is 0 Å². The Hall–Kier alpha value is -2.44. The molecular formula is C16H20N6O. The van der Waals surface area contributed by atoms with E-state index in [2.05, 4.69) is 26.4 Å². The maximum Gasteiger partial charge on any atom is 0.323 e. The Balaban J connectivity index is 1.40. The van der Waals surface area contributed by atoms with Crippen LogP contribution in [-0.4, -0.2) is 37.2 Å². The zero-order valence-corrected chi connectivity index (χ0v) is 13.2. The molecule has 2 aromatic rings. The molecule has 0 saturated heterocycles. The van der Waals surface area contributed by atoms with Crippen LogP contribution in [0.2, 0.25) is 0 Å². The van der Waals surface area contributed by atoms with Crippen molar-refractivity contribution >= 4 is 11.8 Å². The molecule has 23 heavy (non-hydrogen) atoms. The molecule has 1 N–H and O–H groups in total. The predicted octanol–water partition coefficient (Wildman–Crippen LogP) is 2.30. The SMILES string of the molecule is Cc1nc2n(n1)CCN(C(=O)Nc1ccc(C3CCC3)cn1)C2. The van der Waals surface area contributed by atoms with Gasteiger partial charge in [-0.2, -0.15) is 5.10 Å². The number of carbonyl (C=O) groups is 1. The van der Waals surface area contributed by atoms with Crippen LogP contribution in [0, 0.1) is 6.92 Å². The summed E-state index contributed by atoms with van der Waals surface area (Å²) in [6, 6.07) is 3.82. The third-order valence-corrected chi connectivity index (χ3v) is 4.65. The largest absolute Gasteiger partial charge is 0.323 e. The van der Waals surface area contributed by atoms with E-state index < -0.39 is 0 Å². The van der Waals surface area contributed by atoms with Gasteiger partial charge in [-0.25, -0.2) is 19.4 Å². The number of aryl methyl sites for hydroxylation is 1. The maximum absolute atomic E-state index is 12.4. The monoisotopic (exact) mass is 312 g/mol. The van der Waals surface area contributed by atoms with Crippen molar-refractivity contribution in [1.29, 1.82) is 0 Å². The number of rotatable bonds is 2. The van der Waals surface area contributed by atoms with E-state index in [-0.39, 0.29) is 6.03 Å². The zero-order valence-electron chi connectivity index (χ0n) is 13.2. The second-order valence-electron chi connectivity index (χ2n) is 6.25. The molecule has 0 atom stereocenters. The molecule has 1 fully saturated rings. The van der Waals surface area contributed by atoms with Crippen LogP contribution in [-0.2, 0) is 13.1 Å². The van der Waals surface area contributed by atoms with E-state index in [0.29, 0.717) is 31.4 Å². The summed E-state index contributed by atoms with van der Waals surface area (Å²) in [4.78, 5) is 22.9. The highest BCUT2D eigenvalue weighted by molar-refractivity contribution is 5.88. The normalized spacial score (nSPS) is 17.5. The minimum atomic E-state index is -0.138. The lowest BCUT2D eigenvalue weighted by atomic mass is 9.81. The summed E-state index contributed by atoms with van der Waals surface area (Å²) in [5.41, 5.74) is 1.27. The highest BCUT2D eigenvalue weighted by atomic mass is 16.2. The summed E-state index contributed by atoms with van der Waals surface area (Å²) in [6.45, 7) is 3.65. The fraction of sp³-hybridized carbons (Fsp3) is 0.500. The number of aromatic nitrogens is 4. The van der Waals surface area contributed by atoms with E-state index in [1.54, 1.807) is 4.90 Å². The first-order valence-electron chi connectivity index (χ1n) is 8.11. The standard InChI is InChI=1S/C16H20N6O/c1-11-18-15-10-21(7-8-22(15)20-11)16(23)19-14-6-5-13(9-17-14)12-3-2-4-12/h5-6,9,12H,2-4,7-8,10H2,1H3,(H,17,19,23).